The van der Waals surface area contributed by atoms with Gasteiger partial charge in [-0.3, -0.25) is 5.43 Å². The van der Waals surface area contributed by atoms with E-state index in [0.29, 0.717) is 6.61 Å². The molecule has 5 heteroatoms. The maximum absolute atomic E-state index is 5.85. The Labute approximate surface area is 151 Å². The van der Waals surface area contributed by atoms with Crippen LogP contribution in [0.1, 0.15) is 16.8 Å². The topological polar surface area (TPSA) is 46.5 Å². The number of rotatable bonds is 7. The fourth-order valence-electron chi connectivity index (χ4n) is 2.17. The van der Waals surface area contributed by atoms with Crippen molar-refractivity contribution in [2.24, 2.45) is 5.10 Å². The van der Waals surface area contributed by atoms with Crippen LogP contribution in [0.3, 0.4) is 0 Å². The summed E-state index contributed by atoms with van der Waals surface area (Å²) in [7, 11) is 0. The lowest BCUT2D eigenvalue weighted by Crippen LogP contribution is -1.98. The van der Waals surface area contributed by atoms with Gasteiger partial charge in [-0.25, -0.2) is 4.98 Å². The summed E-state index contributed by atoms with van der Waals surface area (Å²) >= 11 is 1.53. The summed E-state index contributed by atoms with van der Waals surface area (Å²) in [5, 5.41) is 6.99. The first-order valence-electron chi connectivity index (χ1n) is 7.96. The predicted octanol–water partition coefficient (Wildman–Crippen LogP) is 4.99. The molecule has 0 saturated heterocycles. The number of hydrazone groups is 1. The number of aryl methyl sites for hydroxylation is 1. The summed E-state index contributed by atoms with van der Waals surface area (Å²) in [6.07, 6.45) is 5.79. The first-order valence-corrected chi connectivity index (χ1v) is 8.84. The molecule has 0 atom stereocenters. The first kappa shape index (κ1) is 16.9. The van der Waals surface area contributed by atoms with E-state index in [1.807, 2.05) is 66.9 Å². The Bertz CT molecular complexity index is 856. The van der Waals surface area contributed by atoms with Gasteiger partial charge in [-0.1, -0.05) is 48.5 Å². The number of benzene rings is 2. The van der Waals surface area contributed by atoms with Crippen molar-refractivity contribution in [3.05, 3.63) is 82.9 Å². The molecule has 4 nitrogen and oxygen atoms in total. The molecule has 0 aliphatic heterocycles. The van der Waals surface area contributed by atoms with Crippen molar-refractivity contribution in [2.45, 2.75) is 6.92 Å². The molecule has 3 aromatic rings. The van der Waals surface area contributed by atoms with Crippen LogP contribution in [0.25, 0.3) is 6.08 Å². The van der Waals surface area contributed by atoms with Crippen LogP contribution >= 0.6 is 11.3 Å². The number of ether oxygens (including phenoxy) is 1. The lowest BCUT2D eigenvalue weighted by atomic mass is 10.2. The van der Waals surface area contributed by atoms with Crippen molar-refractivity contribution in [3.8, 4) is 5.75 Å². The summed E-state index contributed by atoms with van der Waals surface area (Å²) < 4.78 is 5.85. The van der Waals surface area contributed by atoms with E-state index >= 15 is 0 Å². The summed E-state index contributed by atoms with van der Waals surface area (Å²) in [5.41, 5.74) is 5.99. The second kappa shape index (κ2) is 8.80. The van der Waals surface area contributed by atoms with Crippen LogP contribution in [0.5, 0.6) is 5.75 Å². The van der Waals surface area contributed by atoms with E-state index in [1.54, 1.807) is 6.21 Å². The van der Waals surface area contributed by atoms with Gasteiger partial charge in [0.05, 0.1) is 11.9 Å². The minimum Gasteiger partial charge on any atom is -0.489 e. The van der Waals surface area contributed by atoms with Gasteiger partial charge in [0, 0.05) is 10.9 Å². The van der Waals surface area contributed by atoms with Crippen LogP contribution in [0, 0.1) is 6.92 Å². The zero-order valence-electron chi connectivity index (χ0n) is 13.9. The van der Waals surface area contributed by atoms with E-state index < -0.39 is 0 Å². The van der Waals surface area contributed by atoms with Gasteiger partial charge in [0.15, 0.2) is 0 Å². The molecule has 0 unspecified atom stereocenters. The monoisotopic (exact) mass is 349 g/mol. The summed E-state index contributed by atoms with van der Waals surface area (Å²) in [6, 6.07) is 18.0. The Balaban J connectivity index is 1.57. The Morgan fingerprint density at radius 2 is 1.92 bits per heavy atom. The highest BCUT2D eigenvalue weighted by atomic mass is 32.1. The van der Waals surface area contributed by atoms with Crippen molar-refractivity contribution in [3.63, 3.8) is 0 Å². The highest BCUT2D eigenvalue weighted by Gasteiger charge is 2.00. The molecule has 0 saturated carbocycles. The molecule has 0 amide bonds. The minimum atomic E-state index is 0.499. The fraction of sp³-hybridized carbons (Fsp3) is 0.100. The van der Waals surface area contributed by atoms with E-state index in [9.17, 15) is 0 Å². The maximum Gasteiger partial charge on any atom is 0.203 e. The van der Waals surface area contributed by atoms with Gasteiger partial charge in [0.2, 0.25) is 5.13 Å². The molecule has 0 aliphatic rings. The SMILES string of the molecule is Cc1csc(NN=Cc2ccccc2OCC=Cc2ccccc2)n1. The zero-order valence-corrected chi connectivity index (χ0v) is 14.7. The molecule has 0 aliphatic carbocycles. The molecular formula is C20H19N3OS. The van der Waals surface area contributed by atoms with E-state index in [4.69, 9.17) is 4.74 Å². The number of anilines is 1. The third-order valence-corrected chi connectivity index (χ3v) is 4.21. The van der Waals surface area contributed by atoms with Gasteiger partial charge in [0.1, 0.15) is 12.4 Å². The van der Waals surface area contributed by atoms with Gasteiger partial charge in [-0.15, -0.1) is 11.3 Å². The number of nitrogens with zero attached hydrogens (tertiary/aromatic N) is 2. The second-order valence-electron chi connectivity index (χ2n) is 5.33. The summed E-state index contributed by atoms with van der Waals surface area (Å²) in [4.78, 5) is 4.31. The third kappa shape index (κ3) is 5.29. The summed E-state index contributed by atoms with van der Waals surface area (Å²) in [5.74, 6) is 0.793. The highest BCUT2D eigenvalue weighted by molar-refractivity contribution is 7.13. The molecule has 0 fully saturated rings. The molecule has 0 bridgehead atoms. The van der Waals surface area contributed by atoms with Crippen molar-refractivity contribution in [2.75, 3.05) is 12.0 Å². The molecule has 1 heterocycles. The lowest BCUT2D eigenvalue weighted by molar-refractivity contribution is 0.363. The van der Waals surface area contributed by atoms with Crippen molar-refractivity contribution >= 4 is 28.8 Å². The Kier molecular flexibility index (Phi) is 5.96. The maximum atomic E-state index is 5.85. The number of aromatic nitrogens is 1. The zero-order chi connectivity index (χ0) is 17.3. The Hall–Kier alpha value is -2.92. The van der Waals surface area contributed by atoms with Crippen LogP contribution in [0.4, 0.5) is 5.13 Å². The largest absolute Gasteiger partial charge is 0.489 e. The molecular weight excluding hydrogens is 330 g/mol. The highest BCUT2D eigenvalue weighted by Crippen LogP contribution is 2.17. The van der Waals surface area contributed by atoms with Gasteiger partial charge < -0.3 is 4.74 Å². The Morgan fingerprint density at radius 1 is 1.12 bits per heavy atom. The third-order valence-electron chi connectivity index (χ3n) is 3.35. The van der Waals surface area contributed by atoms with Gasteiger partial charge in [-0.2, -0.15) is 5.10 Å². The minimum absolute atomic E-state index is 0.499. The van der Waals surface area contributed by atoms with Crippen LogP contribution in [-0.2, 0) is 0 Å². The second-order valence-corrected chi connectivity index (χ2v) is 6.18. The van der Waals surface area contributed by atoms with Crippen molar-refractivity contribution in [1.29, 1.82) is 0 Å². The number of hydrogen-bond donors (Lipinski definition) is 1. The molecule has 25 heavy (non-hydrogen) atoms. The van der Waals surface area contributed by atoms with Crippen LogP contribution in [0.2, 0.25) is 0 Å². The molecule has 126 valence electrons. The quantitative estimate of drug-likeness (QED) is 0.483. The molecule has 1 aromatic heterocycles. The molecule has 0 radical (unpaired) electrons. The number of thiazole rings is 1. The van der Waals surface area contributed by atoms with Gasteiger partial charge in [-0.05, 0) is 30.7 Å². The van der Waals surface area contributed by atoms with Gasteiger partial charge in [0.25, 0.3) is 0 Å². The lowest BCUT2D eigenvalue weighted by Gasteiger charge is -2.06. The van der Waals surface area contributed by atoms with E-state index in [1.165, 1.54) is 11.3 Å². The average molecular weight is 349 g/mol. The van der Waals surface area contributed by atoms with Crippen LogP contribution in [-0.4, -0.2) is 17.8 Å². The first-order chi connectivity index (χ1) is 12.3. The molecule has 2 aromatic carbocycles. The van der Waals surface area contributed by atoms with Gasteiger partial charge >= 0.3 is 0 Å². The van der Waals surface area contributed by atoms with E-state index in [0.717, 1.165) is 27.7 Å². The van der Waals surface area contributed by atoms with E-state index in [-0.39, 0.29) is 0 Å². The number of hydrogen-bond acceptors (Lipinski definition) is 5. The molecule has 1 N–H and O–H groups in total. The predicted molar refractivity (Wildman–Crippen MR) is 105 cm³/mol. The fourth-order valence-corrected chi connectivity index (χ4v) is 2.80. The average Bonchev–Trinajstić information content (AvgIpc) is 3.06. The smallest absolute Gasteiger partial charge is 0.203 e. The number of nitrogens with one attached hydrogen (secondary N) is 1. The standard InChI is InChI=1S/C20H19N3OS/c1-16-15-25-20(22-16)23-21-14-18-11-5-6-12-19(18)24-13-7-10-17-8-3-2-4-9-17/h2-12,14-15H,13H2,1H3,(H,22,23). The van der Waals surface area contributed by atoms with Crippen LogP contribution in [0.15, 0.2) is 71.2 Å². The summed E-state index contributed by atoms with van der Waals surface area (Å²) in [6.45, 7) is 2.45. The van der Waals surface area contributed by atoms with E-state index in [2.05, 4.69) is 27.6 Å². The Morgan fingerprint density at radius 3 is 2.72 bits per heavy atom. The normalized spacial score (nSPS) is 11.2. The molecule has 0 spiro atoms. The van der Waals surface area contributed by atoms with Crippen molar-refractivity contribution in [1.82, 2.24) is 4.98 Å². The van der Waals surface area contributed by atoms with Crippen molar-refractivity contribution < 1.29 is 4.74 Å². The van der Waals surface area contributed by atoms with Crippen LogP contribution < -0.4 is 10.2 Å². The molecule has 3 rings (SSSR count). The number of para-hydroxylation sites is 1.